The van der Waals surface area contributed by atoms with Crippen molar-refractivity contribution in [3.63, 3.8) is 0 Å². The number of carboxylic acid groups (broad SMARTS) is 1. The van der Waals surface area contributed by atoms with Gasteiger partial charge in [-0.15, -0.1) is 0 Å². The van der Waals surface area contributed by atoms with Gasteiger partial charge in [0.2, 0.25) is 10.0 Å². The van der Waals surface area contributed by atoms with Crippen LogP contribution in [0.3, 0.4) is 0 Å². The third kappa shape index (κ3) is 2.86. The molecule has 0 aliphatic heterocycles. The summed E-state index contributed by atoms with van der Waals surface area (Å²) in [5.41, 5.74) is -0.357. The second-order valence-corrected chi connectivity index (χ2v) is 5.05. The SMILES string of the molecule is CCS(=O)(=O)Nc1ccc(O)cc1C(=O)O. The smallest absolute Gasteiger partial charge is 0.337 e. The molecule has 0 saturated carbocycles. The highest BCUT2D eigenvalue weighted by Crippen LogP contribution is 2.22. The first-order chi connectivity index (χ1) is 7.35. The molecule has 0 amide bonds. The van der Waals surface area contributed by atoms with Crippen LogP contribution in [0.5, 0.6) is 5.75 Å². The molecule has 0 aliphatic carbocycles. The highest BCUT2D eigenvalue weighted by molar-refractivity contribution is 7.92. The van der Waals surface area contributed by atoms with E-state index < -0.39 is 16.0 Å². The second-order valence-electron chi connectivity index (χ2n) is 3.04. The van der Waals surface area contributed by atoms with Gasteiger partial charge in [-0.05, 0) is 25.1 Å². The molecule has 16 heavy (non-hydrogen) atoms. The monoisotopic (exact) mass is 245 g/mol. The lowest BCUT2D eigenvalue weighted by atomic mass is 10.2. The van der Waals surface area contributed by atoms with Crippen molar-refractivity contribution < 1.29 is 23.4 Å². The fourth-order valence-corrected chi connectivity index (χ4v) is 1.70. The van der Waals surface area contributed by atoms with Crippen molar-refractivity contribution in [2.45, 2.75) is 6.92 Å². The van der Waals surface area contributed by atoms with E-state index in [9.17, 15) is 13.2 Å². The number of nitrogens with one attached hydrogen (secondary N) is 1. The summed E-state index contributed by atoms with van der Waals surface area (Å²) in [7, 11) is -3.54. The molecule has 0 unspecified atom stereocenters. The molecule has 1 aromatic carbocycles. The fourth-order valence-electron chi connectivity index (χ4n) is 1.04. The second kappa shape index (κ2) is 4.40. The Balaban J connectivity index is 3.19. The summed E-state index contributed by atoms with van der Waals surface area (Å²) in [5, 5.41) is 17.9. The van der Waals surface area contributed by atoms with Gasteiger partial charge in [-0.2, -0.15) is 0 Å². The molecule has 3 N–H and O–H groups in total. The Kier molecular flexibility index (Phi) is 3.38. The summed E-state index contributed by atoms with van der Waals surface area (Å²) in [6.45, 7) is 1.43. The van der Waals surface area contributed by atoms with Gasteiger partial charge in [-0.25, -0.2) is 13.2 Å². The molecule has 88 valence electrons. The van der Waals surface area contributed by atoms with E-state index in [-0.39, 0.29) is 22.8 Å². The van der Waals surface area contributed by atoms with Crippen molar-refractivity contribution in [3.05, 3.63) is 23.8 Å². The van der Waals surface area contributed by atoms with Crippen LogP contribution < -0.4 is 4.72 Å². The van der Waals surface area contributed by atoms with E-state index in [0.29, 0.717) is 0 Å². The van der Waals surface area contributed by atoms with E-state index in [0.717, 1.165) is 6.07 Å². The molecule has 1 aromatic rings. The lowest BCUT2D eigenvalue weighted by molar-refractivity contribution is 0.0697. The van der Waals surface area contributed by atoms with Crippen molar-refractivity contribution in [3.8, 4) is 5.75 Å². The van der Waals surface area contributed by atoms with Gasteiger partial charge >= 0.3 is 5.97 Å². The van der Waals surface area contributed by atoms with E-state index in [1.54, 1.807) is 0 Å². The lowest BCUT2D eigenvalue weighted by Crippen LogP contribution is -2.16. The van der Waals surface area contributed by atoms with Crippen molar-refractivity contribution in [2.24, 2.45) is 0 Å². The number of anilines is 1. The Morgan fingerprint density at radius 3 is 2.56 bits per heavy atom. The van der Waals surface area contributed by atoms with E-state index >= 15 is 0 Å². The summed E-state index contributed by atoms with van der Waals surface area (Å²) < 4.78 is 24.6. The number of hydrogen-bond donors (Lipinski definition) is 3. The zero-order chi connectivity index (χ0) is 12.3. The average molecular weight is 245 g/mol. The van der Waals surface area contributed by atoms with E-state index in [1.165, 1.54) is 19.1 Å². The summed E-state index contributed by atoms with van der Waals surface area (Å²) in [6, 6.07) is 3.39. The summed E-state index contributed by atoms with van der Waals surface area (Å²) in [4.78, 5) is 10.8. The zero-order valence-electron chi connectivity index (χ0n) is 8.47. The maximum atomic E-state index is 11.3. The van der Waals surface area contributed by atoms with E-state index in [4.69, 9.17) is 10.2 Å². The highest BCUT2D eigenvalue weighted by Gasteiger charge is 2.15. The van der Waals surface area contributed by atoms with Gasteiger partial charge < -0.3 is 10.2 Å². The lowest BCUT2D eigenvalue weighted by Gasteiger charge is -2.09. The summed E-state index contributed by atoms with van der Waals surface area (Å²) >= 11 is 0. The van der Waals surface area contributed by atoms with Gasteiger partial charge in [0.1, 0.15) is 5.75 Å². The molecule has 0 heterocycles. The predicted octanol–water partition coefficient (Wildman–Crippen LogP) is 0.852. The molecule has 0 atom stereocenters. The number of rotatable bonds is 4. The number of phenols is 1. The molecular weight excluding hydrogens is 234 g/mol. The number of carboxylic acids is 1. The number of sulfonamides is 1. The number of hydrogen-bond acceptors (Lipinski definition) is 4. The van der Waals surface area contributed by atoms with Gasteiger partial charge in [0, 0.05) is 0 Å². The molecule has 0 aliphatic rings. The van der Waals surface area contributed by atoms with Crippen LogP contribution in [0.1, 0.15) is 17.3 Å². The molecule has 0 fully saturated rings. The first kappa shape index (κ1) is 12.3. The van der Waals surface area contributed by atoms with E-state index in [1.807, 2.05) is 0 Å². The fraction of sp³-hybridized carbons (Fsp3) is 0.222. The van der Waals surface area contributed by atoms with Gasteiger partial charge in [0.25, 0.3) is 0 Å². The van der Waals surface area contributed by atoms with Crippen LogP contribution in [0.2, 0.25) is 0 Å². The molecule has 0 bridgehead atoms. The van der Waals surface area contributed by atoms with Crippen LogP contribution in [0.4, 0.5) is 5.69 Å². The minimum absolute atomic E-state index is 0.0628. The first-order valence-electron chi connectivity index (χ1n) is 4.42. The molecule has 0 spiro atoms. The number of phenolic OH excluding ortho intramolecular Hbond substituents is 1. The standard InChI is InChI=1S/C9H11NO5S/c1-2-16(14,15)10-8-4-3-6(11)5-7(8)9(12)13/h3-5,10-11H,2H2,1H3,(H,12,13). The largest absolute Gasteiger partial charge is 0.508 e. The normalized spacial score (nSPS) is 11.1. The predicted molar refractivity (Wildman–Crippen MR) is 58.1 cm³/mol. The maximum absolute atomic E-state index is 11.3. The van der Waals surface area contributed by atoms with E-state index in [2.05, 4.69) is 4.72 Å². The maximum Gasteiger partial charge on any atom is 0.337 e. The number of benzene rings is 1. The summed E-state index contributed by atoms with van der Waals surface area (Å²) in [5.74, 6) is -1.71. The number of aromatic carboxylic acids is 1. The number of carbonyl (C=O) groups is 1. The van der Waals surface area contributed by atoms with Crippen molar-refractivity contribution >= 4 is 21.7 Å². The zero-order valence-corrected chi connectivity index (χ0v) is 9.28. The number of aromatic hydroxyl groups is 1. The average Bonchev–Trinajstić information content (AvgIpc) is 2.20. The van der Waals surface area contributed by atoms with Gasteiger partial charge in [-0.3, -0.25) is 4.72 Å². The van der Waals surface area contributed by atoms with Crippen molar-refractivity contribution in [2.75, 3.05) is 10.5 Å². The Morgan fingerprint density at radius 1 is 1.44 bits per heavy atom. The highest BCUT2D eigenvalue weighted by atomic mass is 32.2. The minimum atomic E-state index is -3.54. The van der Waals surface area contributed by atoms with Crippen molar-refractivity contribution in [1.82, 2.24) is 0 Å². The van der Waals surface area contributed by atoms with Crippen LogP contribution in [0.15, 0.2) is 18.2 Å². The van der Waals surface area contributed by atoms with Crippen LogP contribution in [0, 0.1) is 0 Å². The Labute approximate surface area is 92.6 Å². The molecule has 0 radical (unpaired) electrons. The topological polar surface area (TPSA) is 104 Å². The molecule has 6 nitrogen and oxygen atoms in total. The van der Waals surface area contributed by atoms with Crippen LogP contribution in [0.25, 0.3) is 0 Å². The van der Waals surface area contributed by atoms with Crippen LogP contribution >= 0.6 is 0 Å². The molecule has 0 saturated heterocycles. The molecular formula is C9H11NO5S. The van der Waals surface area contributed by atoms with Crippen LogP contribution in [-0.4, -0.2) is 30.4 Å². The third-order valence-corrected chi connectivity index (χ3v) is 3.17. The Bertz CT molecular complexity index is 509. The summed E-state index contributed by atoms with van der Waals surface area (Å²) in [6.07, 6.45) is 0. The van der Waals surface area contributed by atoms with Crippen molar-refractivity contribution in [1.29, 1.82) is 0 Å². The van der Waals surface area contributed by atoms with Gasteiger partial charge in [0.15, 0.2) is 0 Å². The Hall–Kier alpha value is -1.76. The Morgan fingerprint density at radius 2 is 2.06 bits per heavy atom. The molecule has 1 rings (SSSR count). The quantitative estimate of drug-likeness (QED) is 0.682. The van der Waals surface area contributed by atoms with Gasteiger partial charge in [-0.1, -0.05) is 0 Å². The minimum Gasteiger partial charge on any atom is -0.508 e. The third-order valence-electron chi connectivity index (χ3n) is 1.88. The first-order valence-corrected chi connectivity index (χ1v) is 6.07. The van der Waals surface area contributed by atoms with Crippen LogP contribution in [-0.2, 0) is 10.0 Å². The molecule has 0 aromatic heterocycles. The van der Waals surface area contributed by atoms with Gasteiger partial charge in [0.05, 0.1) is 17.0 Å². The molecule has 7 heteroatoms.